The molecular formula is C12H10F3N5. The lowest BCUT2D eigenvalue weighted by atomic mass is 10.2. The molecule has 0 radical (unpaired) electrons. The van der Waals surface area contributed by atoms with E-state index in [4.69, 9.17) is 0 Å². The summed E-state index contributed by atoms with van der Waals surface area (Å²) >= 11 is 0. The number of alkyl halides is 3. The zero-order valence-electron chi connectivity index (χ0n) is 10.5. The van der Waals surface area contributed by atoms with E-state index < -0.39 is 11.7 Å². The van der Waals surface area contributed by atoms with Crippen LogP contribution in [-0.4, -0.2) is 24.1 Å². The van der Waals surface area contributed by atoms with Crippen LogP contribution in [0, 0.1) is 0 Å². The van der Waals surface area contributed by atoms with Crippen molar-refractivity contribution in [3.63, 3.8) is 0 Å². The van der Waals surface area contributed by atoms with Gasteiger partial charge in [-0.15, -0.1) is 10.2 Å². The zero-order chi connectivity index (χ0) is 14.3. The van der Waals surface area contributed by atoms with Crippen LogP contribution in [0.4, 0.5) is 13.2 Å². The molecule has 3 heterocycles. The maximum Gasteiger partial charge on any atom is 0.420 e. The monoisotopic (exact) mass is 281 g/mol. The molecule has 5 nitrogen and oxygen atoms in total. The molecule has 0 saturated heterocycles. The second-order valence-corrected chi connectivity index (χ2v) is 4.20. The summed E-state index contributed by atoms with van der Waals surface area (Å²) in [6.45, 7) is 2.55. The fourth-order valence-electron chi connectivity index (χ4n) is 2.07. The van der Waals surface area contributed by atoms with E-state index >= 15 is 0 Å². The molecule has 0 spiro atoms. The summed E-state index contributed by atoms with van der Waals surface area (Å²) in [5.74, 6) is 0.338. The molecule has 0 amide bonds. The van der Waals surface area contributed by atoms with Crippen molar-refractivity contribution in [2.24, 2.45) is 0 Å². The molecule has 0 saturated carbocycles. The number of hydrogen-bond acceptors (Lipinski definition) is 3. The number of imidazole rings is 1. The van der Waals surface area contributed by atoms with Gasteiger partial charge in [0.25, 0.3) is 0 Å². The first kappa shape index (κ1) is 12.6. The van der Waals surface area contributed by atoms with Crippen LogP contribution in [0.3, 0.4) is 0 Å². The van der Waals surface area contributed by atoms with Gasteiger partial charge < -0.3 is 4.57 Å². The zero-order valence-corrected chi connectivity index (χ0v) is 10.5. The van der Waals surface area contributed by atoms with Gasteiger partial charge in [-0.1, -0.05) is 0 Å². The van der Waals surface area contributed by atoms with Gasteiger partial charge in [0.15, 0.2) is 11.5 Å². The minimum atomic E-state index is -4.46. The molecule has 3 aromatic rings. The number of nitrogens with zero attached hydrogens (tertiary/aromatic N) is 5. The third-order valence-corrected chi connectivity index (χ3v) is 3.02. The van der Waals surface area contributed by atoms with Crippen molar-refractivity contribution >= 4 is 5.65 Å². The predicted molar refractivity (Wildman–Crippen MR) is 64.9 cm³/mol. The lowest BCUT2D eigenvalue weighted by molar-refractivity contribution is -0.136. The van der Waals surface area contributed by atoms with Crippen LogP contribution >= 0.6 is 0 Å². The van der Waals surface area contributed by atoms with Crippen molar-refractivity contribution in [2.75, 3.05) is 0 Å². The first-order valence-electron chi connectivity index (χ1n) is 5.94. The number of aryl methyl sites for hydroxylation is 1. The third kappa shape index (κ3) is 1.84. The normalized spacial score (nSPS) is 12.2. The van der Waals surface area contributed by atoms with Gasteiger partial charge in [0, 0.05) is 12.7 Å². The number of aromatic nitrogens is 5. The van der Waals surface area contributed by atoms with E-state index in [0.29, 0.717) is 18.1 Å². The van der Waals surface area contributed by atoms with Crippen molar-refractivity contribution in [1.82, 2.24) is 24.1 Å². The molecule has 0 N–H and O–H groups in total. The molecule has 104 valence electrons. The number of hydrogen-bond donors (Lipinski definition) is 0. The summed E-state index contributed by atoms with van der Waals surface area (Å²) < 4.78 is 41.9. The summed E-state index contributed by atoms with van der Waals surface area (Å²) in [5, 5.41) is 7.54. The Kier molecular flexibility index (Phi) is 2.73. The molecule has 0 aliphatic rings. The lowest BCUT2D eigenvalue weighted by Gasteiger charge is -2.08. The van der Waals surface area contributed by atoms with Crippen molar-refractivity contribution in [3.8, 4) is 11.5 Å². The Morgan fingerprint density at radius 2 is 2.05 bits per heavy atom. The Bertz CT molecular complexity index is 756. The molecule has 0 bridgehead atoms. The average Bonchev–Trinajstić information content (AvgIpc) is 3.02. The second-order valence-electron chi connectivity index (χ2n) is 4.20. The molecule has 0 atom stereocenters. The Morgan fingerprint density at radius 1 is 1.25 bits per heavy atom. The summed E-state index contributed by atoms with van der Waals surface area (Å²) in [6.07, 6.45) is 0.203. The van der Waals surface area contributed by atoms with Gasteiger partial charge >= 0.3 is 6.18 Å². The first-order chi connectivity index (χ1) is 9.52. The van der Waals surface area contributed by atoms with Crippen LogP contribution in [0.25, 0.3) is 17.2 Å². The Labute approximate surface area is 111 Å². The van der Waals surface area contributed by atoms with Gasteiger partial charge in [-0.05, 0) is 19.1 Å². The van der Waals surface area contributed by atoms with E-state index in [0.717, 1.165) is 6.07 Å². The van der Waals surface area contributed by atoms with Crippen LogP contribution < -0.4 is 0 Å². The van der Waals surface area contributed by atoms with E-state index in [1.54, 1.807) is 17.1 Å². The van der Waals surface area contributed by atoms with Gasteiger partial charge in [0.05, 0.1) is 12.5 Å². The van der Waals surface area contributed by atoms with Crippen LogP contribution in [-0.2, 0) is 12.7 Å². The minimum absolute atomic E-state index is 0.209. The quantitative estimate of drug-likeness (QED) is 0.725. The maximum absolute atomic E-state index is 12.9. The van der Waals surface area contributed by atoms with Gasteiger partial charge in [-0.25, -0.2) is 4.98 Å². The summed E-state index contributed by atoms with van der Waals surface area (Å²) in [7, 11) is 0. The van der Waals surface area contributed by atoms with E-state index in [2.05, 4.69) is 15.2 Å². The van der Waals surface area contributed by atoms with Crippen molar-refractivity contribution in [2.45, 2.75) is 19.6 Å². The molecule has 20 heavy (non-hydrogen) atoms. The first-order valence-corrected chi connectivity index (χ1v) is 5.94. The highest BCUT2D eigenvalue weighted by Crippen LogP contribution is 2.32. The van der Waals surface area contributed by atoms with E-state index in [1.165, 1.54) is 16.7 Å². The van der Waals surface area contributed by atoms with Crippen LogP contribution in [0.1, 0.15) is 12.5 Å². The van der Waals surface area contributed by atoms with Crippen LogP contribution in [0.5, 0.6) is 0 Å². The Balaban J connectivity index is 2.26. The topological polar surface area (TPSA) is 48.0 Å². The van der Waals surface area contributed by atoms with Crippen molar-refractivity contribution in [3.05, 3.63) is 36.4 Å². The van der Waals surface area contributed by atoms with Gasteiger partial charge in [-0.3, -0.25) is 4.40 Å². The van der Waals surface area contributed by atoms with Crippen LogP contribution in [0.15, 0.2) is 30.9 Å². The fourth-order valence-corrected chi connectivity index (χ4v) is 2.07. The predicted octanol–water partition coefficient (Wildman–Crippen LogP) is 2.63. The number of pyridine rings is 1. The van der Waals surface area contributed by atoms with Gasteiger partial charge in [-0.2, -0.15) is 13.2 Å². The summed E-state index contributed by atoms with van der Waals surface area (Å²) in [6, 6.07) is 2.32. The summed E-state index contributed by atoms with van der Waals surface area (Å²) in [4.78, 5) is 3.99. The van der Waals surface area contributed by atoms with Gasteiger partial charge in [0.1, 0.15) is 11.3 Å². The Morgan fingerprint density at radius 3 is 2.75 bits per heavy atom. The summed E-state index contributed by atoms with van der Waals surface area (Å²) in [5.41, 5.74) is -0.389. The smallest absolute Gasteiger partial charge is 0.328 e. The fraction of sp³-hybridized carbons (Fsp3) is 0.250. The molecule has 8 heteroatoms. The third-order valence-electron chi connectivity index (χ3n) is 3.02. The van der Waals surface area contributed by atoms with Crippen LogP contribution in [0.2, 0.25) is 0 Å². The second kappa shape index (κ2) is 4.32. The van der Waals surface area contributed by atoms with Crippen molar-refractivity contribution in [1.29, 1.82) is 0 Å². The van der Waals surface area contributed by atoms with Gasteiger partial charge in [0.2, 0.25) is 0 Å². The highest BCUT2D eigenvalue weighted by Gasteiger charge is 2.34. The molecule has 0 aliphatic heterocycles. The van der Waals surface area contributed by atoms with E-state index in [9.17, 15) is 13.2 Å². The maximum atomic E-state index is 12.9. The molecule has 3 rings (SSSR count). The SMILES string of the molecule is CCn1cncc1-c1nnc2c(C(F)(F)F)cccn12. The highest BCUT2D eigenvalue weighted by molar-refractivity contribution is 5.58. The molecule has 0 aliphatic carbocycles. The molecule has 3 aromatic heterocycles. The molecule has 0 unspecified atom stereocenters. The molecule has 0 aromatic carbocycles. The van der Waals surface area contributed by atoms with E-state index in [1.807, 2.05) is 6.92 Å². The highest BCUT2D eigenvalue weighted by atomic mass is 19.4. The molecular weight excluding hydrogens is 271 g/mol. The average molecular weight is 281 g/mol. The largest absolute Gasteiger partial charge is 0.420 e. The molecule has 0 fully saturated rings. The minimum Gasteiger partial charge on any atom is -0.328 e. The number of halogens is 3. The Hall–Kier alpha value is -2.38. The number of fused-ring (bicyclic) bond motifs is 1. The lowest BCUT2D eigenvalue weighted by Crippen LogP contribution is -2.08. The van der Waals surface area contributed by atoms with E-state index in [-0.39, 0.29) is 5.65 Å². The van der Waals surface area contributed by atoms with Crippen molar-refractivity contribution < 1.29 is 13.2 Å². The standard InChI is InChI=1S/C12H10F3N5/c1-2-19-7-16-6-9(19)11-18-17-10-8(12(13,14)15)4-3-5-20(10)11/h3-7H,2H2,1H3. The number of rotatable bonds is 2.